The van der Waals surface area contributed by atoms with Gasteiger partial charge in [0.25, 0.3) is 0 Å². The Bertz CT molecular complexity index is 266. The third kappa shape index (κ3) is 7.25. The van der Waals surface area contributed by atoms with E-state index >= 15 is 0 Å². The van der Waals surface area contributed by atoms with Crippen molar-refractivity contribution in [1.82, 2.24) is 0 Å². The predicted molar refractivity (Wildman–Crippen MR) is 82.5 cm³/mol. The molecular weight excluding hydrogens is 254 g/mol. The molecule has 4 nitrogen and oxygen atoms in total. The Morgan fingerprint density at radius 1 is 1.15 bits per heavy atom. The van der Waals surface area contributed by atoms with Crippen LogP contribution in [0.2, 0.25) is 0 Å². The monoisotopic (exact) mass is 287 g/mol. The minimum atomic E-state index is -0.595. The lowest BCUT2D eigenvalue weighted by atomic mass is 9.77. The first-order chi connectivity index (χ1) is 9.38. The number of esters is 1. The third-order valence-electron chi connectivity index (χ3n) is 3.46. The smallest absolute Gasteiger partial charge is 0.313 e. The molecule has 0 aromatic rings. The summed E-state index contributed by atoms with van der Waals surface area (Å²) >= 11 is 0. The molecule has 20 heavy (non-hydrogen) atoms. The van der Waals surface area contributed by atoms with Crippen LogP contribution in [0.15, 0.2) is 0 Å². The van der Waals surface area contributed by atoms with Crippen molar-refractivity contribution in [1.29, 1.82) is 0 Å². The largest absolute Gasteiger partial charge is 0.466 e. The average molecular weight is 287 g/mol. The van der Waals surface area contributed by atoms with Gasteiger partial charge in [-0.15, -0.1) is 0 Å². The summed E-state index contributed by atoms with van der Waals surface area (Å²) in [7, 11) is 0. The molecule has 0 fully saturated rings. The fourth-order valence-corrected chi connectivity index (χ4v) is 2.31. The lowest BCUT2D eigenvalue weighted by molar-refractivity contribution is -0.157. The second-order valence-corrected chi connectivity index (χ2v) is 6.35. The Hall–Kier alpha value is -0.610. The summed E-state index contributed by atoms with van der Waals surface area (Å²) < 4.78 is 10.9. The van der Waals surface area contributed by atoms with E-state index in [0.717, 1.165) is 19.4 Å². The molecular formula is C16H33NO3. The van der Waals surface area contributed by atoms with Gasteiger partial charge in [-0.2, -0.15) is 0 Å². The molecule has 4 heteroatoms. The van der Waals surface area contributed by atoms with E-state index in [2.05, 4.69) is 27.7 Å². The van der Waals surface area contributed by atoms with Crippen molar-refractivity contribution in [3.8, 4) is 0 Å². The summed E-state index contributed by atoms with van der Waals surface area (Å²) in [5, 5.41) is 0. The molecule has 1 unspecified atom stereocenters. The third-order valence-corrected chi connectivity index (χ3v) is 3.46. The highest BCUT2D eigenvalue weighted by molar-refractivity contribution is 5.77. The molecule has 2 N–H and O–H groups in total. The summed E-state index contributed by atoms with van der Waals surface area (Å²) in [6.45, 7) is 12.4. The summed E-state index contributed by atoms with van der Waals surface area (Å²) in [5.74, 6) is 0.859. The first kappa shape index (κ1) is 19.4. The molecule has 0 aromatic carbocycles. The van der Waals surface area contributed by atoms with Crippen molar-refractivity contribution in [2.24, 2.45) is 23.0 Å². The van der Waals surface area contributed by atoms with E-state index in [0.29, 0.717) is 38.0 Å². The zero-order valence-electron chi connectivity index (χ0n) is 13.9. The molecule has 1 atom stereocenters. The Morgan fingerprint density at radius 2 is 1.80 bits per heavy atom. The second-order valence-electron chi connectivity index (χ2n) is 6.35. The van der Waals surface area contributed by atoms with Crippen LogP contribution in [-0.2, 0) is 14.3 Å². The summed E-state index contributed by atoms with van der Waals surface area (Å²) in [6, 6.07) is 0. The van der Waals surface area contributed by atoms with Gasteiger partial charge >= 0.3 is 5.97 Å². The van der Waals surface area contributed by atoms with Gasteiger partial charge in [0.15, 0.2) is 0 Å². The van der Waals surface area contributed by atoms with Gasteiger partial charge in [0.05, 0.1) is 12.0 Å². The fraction of sp³-hybridized carbons (Fsp3) is 0.938. The van der Waals surface area contributed by atoms with Crippen LogP contribution in [0.5, 0.6) is 0 Å². The van der Waals surface area contributed by atoms with Crippen molar-refractivity contribution in [2.75, 3.05) is 26.4 Å². The number of carbonyl (C=O) groups is 1. The molecule has 0 saturated heterocycles. The minimum absolute atomic E-state index is 0.177. The van der Waals surface area contributed by atoms with Gasteiger partial charge in [-0.05, 0) is 38.0 Å². The minimum Gasteiger partial charge on any atom is -0.466 e. The molecule has 120 valence electrons. The van der Waals surface area contributed by atoms with Gasteiger partial charge in [-0.1, -0.05) is 27.7 Å². The van der Waals surface area contributed by atoms with E-state index in [1.165, 1.54) is 0 Å². The molecule has 0 aliphatic carbocycles. The van der Waals surface area contributed by atoms with Gasteiger partial charge in [0, 0.05) is 19.8 Å². The van der Waals surface area contributed by atoms with Crippen LogP contribution < -0.4 is 5.73 Å². The molecule has 0 amide bonds. The van der Waals surface area contributed by atoms with Crippen molar-refractivity contribution < 1.29 is 14.3 Å². The fourth-order valence-electron chi connectivity index (χ4n) is 2.31. The maximum Gasteiger partial charge on any atom is 0.313 e. The average Bonchev–Trinajstić information content (AvgIpc) is 2.36. The highest BCUT2D eigenvalue weighted by atomic mass is 16.5. The van der Waals surface area contributed by atoms with E-state index in [4.69, 9.17) is 15.2 Å². The Morgan fingerprint density at radius 3 is 2.25 bits per heavy atom. The van der Waals surface area contributed by atoms with Crippen LogP contribution >= 0.6 is 0 Å². The van der Waals surface area contributed by atoms with E-state index < -0.39 is 5.41 Å². The van der Waals surface area contributed by atoms with E-state index in [1.54, 1.807) is 0 Å². The first-order valence-corrected chi connectivity index (χ1v) is 7.83. The molecule has 0 aliphatic heterocycles. The first-order valence-electron chi connectivity index (χ1n) is 7.83. The number of nitrogens with two attached hydrogens (primary N) is 1. The zero-order chi connectivity index (χ0) is 15.6. The summed E-state index contributed by atoms with van der Waals surface area (Å²) in [4.78, 5) is 12.2. The second kappa shape index (κ2) is 10.2. The molecule has 0 heterocycles. The summed E-state index contributed by atoms with van der Waals surface area (Å²) in [5.41, 5.74) is 5.30. The van der Waals surface area contributed by atoms with E-state index in [9.17, 15) is 4.79 Å². The maximum absolute atomic E-state index is 12.2. The van der Waals surface area contributed by atoms with Crippen LogP contribution in [0.1, 0.15) is 53.9 Å². The van der Waals surface area contributed by atoms with Gasteiger partial charge in [-0.3, -0.25) is 4.79 Å². The number of rotatable bonds is 11. The van der Waals surface area contributed by atoms with E-state index in [1.807, 2.05) is 6.92 Å². The maximum atomic E-state index is 12.2. The van der Waals surface area contributed by atoms with Crippen LogP contribution in [0.3, 0.4) is 0 Å². The lowest BCUT2D eigenvalue weighted by Crippen LogP contribution is -2.42. The zero-order valence-corrected chi connectivity index (χ0v) is 13.9. The Kier molecular flexibility index (Phi) is 9.86. The van der Waals surface area contributed by atoms with Crippen molar-refractivity contribution in [3.63, 3.8) is 0 Å². The van der Waals surface area contributed by atoms with Crippen molar-refractivity contribution in [3.05, 3.63) is 0 Å². The normalized spacial score (nSPS) is 14.6. The molecule has 0 radical (unpaired) electrons. The van der Waals surface area contributed by atoms with Crippen LogP contribution in [0, 0.1) is 17.3 Å². The number of hydrogen-bond acceptors (Lipinski definition) is 4. The Balaban J connectivity index is 4.47. The van der Waals surface area contributed by atoms with Crippen molar-refractivity contribution >= 4 is 5.97 Å². The molecule has 0 bridgehead atoms. The molecule has 0 aromatic heterocycles. The van der Waals surface area contributed by atoms with Gasteiger partial charge in [-0.25, -0.2) is 0 Å². The topological polar surface area (TPSA) is 61.5 Å². The van der Waals surface area contributed by atoms with Crippen LogP contribution in [-0.4, -0.2) is 32.3 Å². The predicted octanol–water partition coefficient (Wildman–Crippen LogP) is 2.99. The lowest BCUT2D eigenvalue weighted by Gasteiger charge is -2.31. The summed E-state index contributed by atoms with van der Waals surface area (Å²) in [6.07, 6.45) is 2.42. The van der Waals surface area contributed by atoms with E-state index in [-0.39, 0.29) is 5.97 Å². The number of ether oxygens (including phenoxy) is 2. The Labute approximate surface area is 124 Å². The number of hydrogen-bond donors (Lipinski definition) is 1. The molecule has 0 spiro atoms. The molecule has 0 saturated carbocycles. The molecule has 0 rings (SSSR count). The highest BCUT2D eigenvalue weighted by Gasteiger charge is 2.38. The van der Waals surface area contributed by atoms with Crippen LogP contribution in [0.25, 0.3) is 0 Å². The van der Waals surface area contributed by atoms with Crippen LogP contribution in [0.4, 0.5) is 0 Å². The molecule has 0 aliphatic rings. The van der Waals surface area contributed by atoms with Gasteiger partial charge < -0.3 is 15.2 Å². The van der Waals surface area contributed by atoms with Crippen molar-refractivity contribution in [2.45, 2.75) is 53.9 Å². The highest BCUT2D eigenvalue weighted by Crippen LogP contribution is 2.31. The standard InChI is InChI=1S/C16H33NO3/c1-6-20-15(18)16(12-17,11-14(4)5)8-10-19-9-7-13(2)3/h13-14H,6-12,17H2,1-5H3. The quantitative estimate of drug-likeness (QED) is 0.469. The SMILES string of the molecule is CCOC(=O)C(CN)(CCOCCC(C)C)CC(C)C. The van der Waals surface area contributed by atoms with Gasteiger partial charge in [0.2, 0.25) is 0 Å². The van der Waals surface area contributed by atoms with Gasteiger partial charge in [0.1, 0.15) is 0 Å². The number of carbonyl (C=O) groups excluding carboxylic acids is 1.